The zero-order valence-electron chi connectivity index (χ0n) is 17.3. The number of allylic oxidation sites excluding steroid dienone is 1. The Morgan fingerprint density at radius 2 is 2.07 bits per heavy atom. The molecule has 1 aliphatic rings. The Kier molecular flexibility index (Phi) is 5.22. The van der Waals surface area contributed by atoms with E-state index in [4.69, 9.17) is 4.42 Å². The third-order valence-electron chi connectivity index (χ3n) is 4.80. The number of hydrogen-bond acceptors (Lipinski definition) is 6. The second-order valence-corrected chi connectivity index (χ2v) is 7.53. The molecular weight excluding hydrogens is 380 g/mol. The molecule has 30 heavy (non-hydrogen) atoms. The van der Waals surface area contributed by atoms with Crippen LogP contribution in [0.4, 0.5) is 10.7 Å². The highest BCUT2D eigenvalue weighted by molar-refractivity contribution is 5.90. The summed E-state index contributed by atoms with van der Waals surface area (Å²) in [6.45, 7) is 11.7. The molecule has 1 N–H and O–H groups in total. The fraction of sp³-hybridized carbons (Fsp3) is 0.273. The summed E-state index contributed by atoms with van der Waals surface area (Å²) in [5.41, 5.74) is 3.65. The van der Waals surface area contributed by atoms with Gasteiger partial charge in [0.25, 0.3) is 0 Å². The maximum absolute atomic E-state index is 12.7. The van der Waals surface area contributed by atoms with Gasteiger partial charge in [-0.15, -0.1) is 0 Å². The first-order valence-corrected chi connectivity index (χ1v) is 9.74. The van der Waals surface area contributed by atoms with E-state index in [1.807, 2.05) is 32.0 Å². The van der Waals surface area contributed by atoms with E-state index in [2.05, 4.69) is 37.9 Å². The van der Waals surface area contributed by atoms with E-state index >= 15 is 0 Å². The van der Waals surface area contributed by atoms with Crippen LogP contribution in [0.25, 0.3) is 22.2 Å². The van der Waals surface area contributed by atoms with Crippen LogP contribution < -0.4 is 5.32 Å². The first-order valence-electron chi connectivity index (χ1n) is 9.74. The average molecular weight is 404 g/mol. The van der Waals surface area contributed by atoms with Crippen molar-refractivity contribution in [2.24, 2.45) is 0 Å². The van der Waals surface area contributed by atoms with Crippen molar-refractivity contribution in [2.75, 3.05) is 25.0 Å². The molecule has 8 heteroatoms. The number of urea groups is 1. The van der Waals surface area contributed by atoms with Crippen LogP contribution in [0.1, 0.15) is 19.7 Å². The molecule has 0 aliphatic carbocycles. The number of oxazole rings is 1. The fourth-order valence-corrected chi connectivity index (χ4v) is 3.32. The quantitative estimate of drug-likeness (QED) is 0.705. The molecule has 0 atom stereocenters. The van der Waals surface area contributed by atoms with Crippen LogP contribution in [-0.2, 0) is 0 Å². The summed E-state index contributed by atoms with van der Waals surface area (Å²) in [5.74, 6) is 1.54. The highest BCUT2D eigenvalue weighted by Gasteiger charge is 2.23. The SMILES string of the molecule is C=C1CN(C(=O)Nc2ncc3ccc(-c4cnc(C)o4)cc3n2)CCN1C=C(C)C. The highest BCUT2D eigenvalue weighted by atomic mass is 16.4. The van der Waals surface area contributed by atoms with Crippen molar-refractivity contribution >= 4 is 22.9 Å². The molecule has 3 aromatic rings. The lowest BCUT2D eigenvalue weighted by Crippen LogP contribution is -2.47. The van der Waals surface area contributed by atoms with Gasteiger partial charge < -0.3 is 14.2 Å². The lowest BCUT2D eigenvalue weighted by molar-refractivity contribution is 0.193. The van der Waals surface area contributed by atoms with Crippen molar-refractivity contribution in [1.29, 1.82) is 0 Å². The van der Waals surface area contributed by atoms with E-state index in [-0.39, 0.29) is 12.0 Å². The smallest absolute Gasteiger partial charge is 0.324 e. The largest absolute Gasteiger partial charge is 0.441 e. The summed E-state index contributed by atoms with van der Waals surface area (Å²) in [7, 11) is 0. The van der Waals surface area contributed by atoms with Crippen LogP contribution in [0.15, 0.2) is 59.1 Å². The van der Waals surface area contributed by atoms with Crippen molar-refractivity contribution < 1.29 is 9.21 Å². The Morgan fingerprint density at radius 3 is 2.77 bits per heavy atom. The summed E-state index contributed by atoms with van der Waals surface area (Å²) in [6, 6.07) is 5.50. The average Bonchev–Trinajstić information content (AvgIpc) is 3.15. The van der Waals surface area contributed by atoms with Crippen molar-refractivity contribution in [2.45, 2.75) is 20.8 Å². The van der Waals surface area contributed by atoms with Crippen molar-refractivity contribution in [3.8, 4) is 11.3 Å². The van der Waals surface area contributed by atoms with Gasteiger partial charge in [-0.1, -0.05) is 24.3 Å². The van der Waals surface area contributed by atoms with E-state index in [0.717, 1.165) is 16.6 Å². The van der Waals surface area contributed by atoms with E-state index in [1.165, 1.54) is 5.57 Å². The maximum atomic E-state index is 12.7. The number of nitrogens with one attached hydrogen (secondary N) is 1. The highest BCUT2D eigenvalue weighted by Crippen LogP contribution is 2.24. The Hall–Kier alpha value is -3.68. The molecule has 1 aliphatic heterocycles. The number of rotatable bonds is 3. The number of fused-ring (bicyclic) bond motifs is 1. The van der Waals surface area contributed by atoms with Crippen LogP contribution in [0, 0.1) is 6.92 Å². The molecule has 2 aromatic heterocycles. The van der Waals surface area contributed by atoms with Gasteiger partial charge in [-0.25, -0.2) is 19.7 Å². The predicted molar refractivity (Wildman–Crippen MR) is 116 cm³/mol. The molecule has 1 saturated heterocycles. The van der Waals surface area contributed by atoms with Crippen LogP contribution in [-0.4, -0.2) is 50.4 Å². The Labute approximate surface area is 174 Å². The molecule has 0 spiro atoms. The number of hydrogen-bond donors (Lipinski definition) is 1. The van der Waals surface area contributed by atoms with Gasteiger partial charge in [0.2, 0.25) is 5.95 Å². The van der Waals surface area contributed by atoms with E-state index in [1.54, 1.807) is 24.2 Å². The first kappa shape index (κ1) is 19.6. The minimum Gasteiger partial charge on any atom is -0.441 e. The standard InChI is InChI=1S/C22H24N6O2/c1-14(2)12-27-7-8-28(13-15(27)3)22(29)26-21-24-10-18-6-5-17(9-19(18)25-21)20-11-23-16(4)30-20/h5-6,9-12H,3,7-8,13H2,1-2,4H3,(H,24,25,26,29). The second kappa shape index (κ2) is 7.98. The van der Waals surface area contributed by atoms with Crippen LogP contribution in [0.3, 0.4) is 0 Å². The molecule has 8 nitrogen and oxygen atoms in total. The zero-order valence-corrected chi connectivity index (χ0v) is 17.3. The van der Waals surface area contributed by atoms with Gasteiger partial charge in [0, 0.05) is 49.1 Å². The lowest BCUT2D eigenvalue weighted by atomic mass is 10.1. The summed E-state index contributed by atoms with van der Waals surface area (Å²) in [6.07, 6.45) is 5.43. The van der Waals surface area contributed by atoms with Crippen molar-refractivity contribution in [1.82, 2.24) is 24.8 Å². The Bertz CT molecular complexity index is 1150. The van der Waals surface area contributed by atoms with Gasteiger partial charge in [0.1, 0.15) is 0 Å². The predicted octanol–water partition coefficient (Wildman–Crippen LogP) is 4.18. The minimum atomic E-state index is -0.241. The van der Waals surface area contributed by atoms with E-state index < -0.39 is 0 Å². The van der Waals surface area contributed by atoms with Crippen molar-refractivity contribution in [3.63, 3.8) is 0 Å². The molecule has 0 radical (unpaired) electrons. The molecule has 4 rings (SSSR count). The summed E-state index contributed by atoms with van der Waals surface area (Å²) < 4.78 is 5.59. The number of anilines is 1. The third-order valence-corrected chi connectivity index (χ3v) is 4.80. The second-order valence-electron chi connectivity index (χ2n) is 7.53. The van der Waals surface area contributed by atoms with Crippen LogP contribution in [0.5, 0.6) is 0 Å². The molecule has 0 unspecified atom stereocenters. The zero-order chi connectivity index (χ0) is 21.3. The number of nitrogens with zero attached hydrogens (tertiary/aromatic N) is 5. The third kappa shape index (κ3) is 4.17. The fourth-order valence-electron chi connectivity index (χ4n) is 3.32. The number of aryl methyl sites for hydroxylation is 1. The van der Waals surface area contributed by atoms with Gasteiger partial charge in [-0.2, -0.15) is 0 Å². The molecule has 0 bridgehead atoms. The minimum absolute atomic E-state index is 0.241. The number of amides is 2. The van der Waals surface area contributed by atoms with Crippen LogP contribution in [0.2, 0.25) is 0 Å². The van der Waals surface area contributed by atoms with E-state index in [0.29, 0.717) is 36.8 Å². The lowest BCUT2D eigenvalue weighted by Gasteiger charge is -2.35. The number of piperazine rings is 1. The molecule has 2 amide bonds. The molecule has 154 valence electrons. The molecule has 1 aromatic carbocycles. The number of carbonyl (C=O) groups is 1. The summed E-state index contributed by atoms with van der Waals surface area (Å²) in [4.78, 5) is 29.4. The van der Waals surface area contributed by atoms with Crippen LogP contribution >= 0.6 is 0 Å². The van der Waals surface area contributed by atoms with Gasteiger partial charge in [-0.3, -0.25) is 5.32 Å². The normalized spacial score (nSPS) is 14.2. The molecule has 1 fully saturated rings. The maximum Gasteiger partial charge on any atom is 0.324 e. The Morgan fingerprint density at radius 1 is 1.23 bits per heavy atom. The van der Waals surface area contributed by atoms with Crippen molar-refractivity contribution in [3.05, 3.63) is 60.5 Å². The van der Waals surface area contributed by atoms with Gasteiger partial charge >= 0.3 is 6.03 Å². The molecular formula is C22H24N6O2. The number of carbonyl (C=O) groups excluding carboxylic acids is 1. The first-order chi connectivity index (χ1) is 14.4. The summed E-state index contributed by atoms with van der Waals surface area (Å²) in [5, 5.41) is 3.67. The summed E-state index contributed by atoms with van der Waals surface area (Å²) >= 11 is 0. The monoisotopic (exact) mass is 404 g/mol. The van der Waals surface area contributed by atoms with Gasteiger partial charge in [0.15, 0.2) is 11.7 Å². The molecule has 0 saturated carbocycles. The van der Waals surface area contributed by atoms with Gasteiger partial charge in [0.05, 0.1) is 18.3 Å². The Balaban J connectivity index is 1.49. The topological polar surface area (TPSA) is 87.4 Å². The number of aromatic nitrogens is 3. The van der Waals surface area contributed by atoms with E-state index in [9.17, 15) is 4.79 Å². The number of benzene rings is 1. The molecule has 3 heterocycles. The van der Waals surface area contributed by atoms with Gasteiger partial charge in [-0.05, 0) is 19.9 Å².